The number of benzene rings is 1. The van der Waals surface area contributed by atoms with Crippen LogP contribution in [-0.4, -0.2) is 28.7 Å². The molecule has 12 heteroatoms. The largest absolute Gasteiger partial charge is 0.468 e. The third kappa shape index (κ3) is 6.67. The Morgan fingerprint density at radius 3 is 2.44 bits per heavy atom. The molecule has 2 heterocycles. The van der Waals surface area contributed by atoms with E-state index in [2.05, 4.69) is 20.0 Å². The molecule has 3 rings (SSSR count). The van der Waals surface area contributed by atoms with Gasteiger partial charge in [0.1, 0.15) is 5.01 Å². The molecule has 0 unspecified atom stereocenters. The monoisotopic (exact) mass is 475 g/mol. The van der Waals surface area contributed by atoms with Crippen molar-refractivity contribution in [1.29, 1.82) is 0 Å². The van der Waals surface area contributed by atoms with Crippen LogP contribution < -0.4 is 10.1 Å². The Balaban J connectivity index is 1.57. The standard InChI is InChI=1S/C20H15F6N3O2S/c21-19(22,23)11-31-17-13(2-1-7-27-17)9-28-16(30)8-15-10-32-18(29-15)12-3-5-14(6-4-12)20(24,25)26/h1-7,10H,8-9,11H2,(H,28,30). The number of rotatable bonds is 7. The zero-order valence-corrected chi connectivity index (χ0v) is 16.9. The highest BCUT2D eigenvalue weighted by Crippen LogP contribution is 2.31. The fraction of sp³-hybridized carbons (Fsp3) is 0.250. The third-order valence-corrected chi connectivity index (χ3v) is 4.99. The summed E-state index contributed by atoms with van der Waals surface area (Å²) in [6.45, 7) is -1.60. The highest BCUT2D eigenvalue weighted by Gasteiger charge is 2.30. The Kier molecular flexibility index (Phi) is 7.02. The molecule has 0 fully saturated rings. The SMILES string of the molecule is O=C(Cc1csc(-c2ccc(C(F)(F)F)cc2)n1)NCc1cccnc1OCC(F)(F)F. The molecule has 5 nitrogen and oxygen atoms in total. The number of ether oxygens (including phenoxy) is 1. The van der Waals surface area contributed by atoms with Gasteiger partial charge in [-0.1, -0.05) is 18.2 Å². The van der Waals surface area contributed by atoms with Gasteiger partial charge in [0.25, 0.3) is 0 Å². The summed E-state index contributed by atoms with van der Waals surface area (Å²) in [6, 6.07) is 7.49. The highest BCUT2D eigenvalue weighted by atomic mass is 32.1. The molecule has 0 bridgehead atoms. The van der Waals surface area contributed by atoms with Gasteiger partial charge < -0.3 is 10.1 Å². The van der Waals surface area contributed by atoms with Crippen LogP contribution in [-0.2, 0) is 23.9 Å². The molecule has 1 amide bonds. The van der Waals surface area contributed by atoms with Crippen LogP contribution in [0, 0.1) is 0 Å². The number of carbonyl (C=O) groups is 1. The number of nitrogens with zero attached hydrogens (tertiary/aromatic N) is 2. The van der Waals surface area contributed by atoms with E-state index in [9.17, 15) is 31.1 Å². The molecule has 0 radical (unpaired) electrons. The van der Waals surface area contributed by atoms with Gasteiger partial charge in [-0.15, -0.1) is 11.3 Å². The molecule has 0 aliphatic carbocycles. The highest BCUT2D eigenvalue weighted by molar-refractivity contribution is 7.13. The van der Waals surface area contributed by atoms with Gasteiger partial charge in [0, 0.05) is 29.2 Å². The summed E-state index contributed by atoms with van der Waals surface area (Å²) in [5.41, 5.74) is 0.388. The number of amides is 1. The predicted octanol–water partition coefficient (Wildman–Crippen LogP) is 5.02. The molecule has 0 spiro atoms. The summed E-state index contributed by atoms with van der Waals surface area (Å²) in [6.07, 6.45) is -7.80. The number of alkyl halides is 6. The Hall–Kier alpha value is -3.15. The summed E-state index contributed by atoms with van der Waals surface area (Å²) in [4.78, 5) is 20.2. The number of hydrogen-bond donors (Lipinski definition) is 1. The smallest absolute Gasteiger partial charge is 0.422 e. The molecular weight excluding hydrogens is 460 g/mol. The summed E-state index contributed by atoms with van der Waals surface area (Å²) < 4.78 is 79.7. The van der Waals surface area contributed by atoms with Crippen molar-refractivity contribution in [2.24, 2.45) is 0 Å². The zero-order valence-electron chi connectivity index (χ0n) is 16.1. The minimum Gasteiger partial charge on any atom is -0.468 e. The molecule has 0 saturated carbocycles. The molecule has 0 atom stereocenters. The summed E-state index contributed by atoms with van der Waals surface area (Å²) in [5.74, 6) is -0.678. The maximum Gasteiger partial charge on any atom is 0.422 e. The van der Waals surface area contributed by atoms with Gasteiger partial charge in [-0.3, -0.25) is 4.79 Å². The van der Waals surface area contributed by atoms with Gasteiger partial charge in [-0.05, 0) is 18.2 Å². The second kappa shape index (κ2) is 9.55. The normalized spacial score (nSPS) is 11.9. The predicted molar refractivity (Wildman–Crippen MR) is 104 cm³/mol. The van der Waals surface area contributed by atoms with Crippen LogP contribution in [0.5, 0.6) is 5.88 Å². The topological polar surface area (TPSA) is 64.1 Å². The lowest BCUT2D eigenvalue weighted by molar-refractivity contribution is -0.154. The molecule has 1 N–H and O–H groups in total. The lowest BCUT2D eigenvalue weighted by atomic mass is 10.1. The van der Waals surface area contributed by atoms with Gasteiger partial charge in [0.15, 0.2) is 6.61 Å². The van der Waals surface area contributed by atoms with Crippen LogP contribution >= 0.6 is 11.3 Å². The molecule has 2 aromatic heterocycles. The zero-order chi connectivity index (χ0) is 23.4. The van der Waals surface area contributed by atoms with E-state index in [0.717, 1.165) is 12.1 Å². The number of halogens is 6. The van der Waals surface area contributed by atoms with Gasteiger partial charge in [-0.25, -0.2) is 9.97 Å². The summed E-state index contributed by atoms with van der Waals surface area (Å²) in [7, 11) is 0. The number of hydrogen-bond acceptors (Lipinski definition) is 5. The average Bonchev–Trinajstić information content (AvgIpc) is 3.18. The average molecular weight is 475 g/mol. The van der Waals surface area contributed by atoms with Gasteiger partial charge in [0.05, 0.1) is 17.7 Å². The number of pyridine rings is 1. The molecule has 3 aromatic rings. The fourth-order valence-electron chi connectivity index (χ4n) is 2.58. The van der Waals surface area contributed by atoms with Gasteiger partial charge >= 0.3 is 12.4 Å². The number of aromatic nitrogens is 2. The van der Waals surface area contributed by atoms with Crippen LogP contribution in [0.1, 0.15) is 16.8 Å². The third-order valence-electron chi connectivity index (χ3n) is 4.05. The fourth-order valence-corrected chi connectivity index (χ4v) is 3.41. The minimum absolute atomic E-state index is 0.101. The number of thiazole rings is 1. The number of nitrogens with one attached hydrogen (secondary N) is 1. The Labute approximate surface area is 182 Å². The van der Waals surface area contributed by atoms with Gasteiger partial charge in [0.2, 0.25) is 11.8 Å². The van der Waals surface area contributed by atoms with E-state index >= 15 is 0 Å². The summed E-state index contributed by atoms with van der Waals surface area (Å²) in [5, 5.41) is 4.62. The van der Waals surface area contributed by atoms with E-state index in [1.165, 1.54) is 41.8 Å². The van der Waals surface area contributed by atoms with Crippen molar-refractivity contribution >= 4 is 17.2 Å². The van der Waals surface area contributed by atoms with E-state index in [4.69, 9.17) is 0 Å². The Morgan fingerprint density at radius 2 is 1.78 bits per heavy atom. The Morgan fingerprint density at radius 1 is 1.06 bits per heavy atom. The van der Waals surface area contributed by atoms with Crippen LogP contribution in [0.2, 0.25) is 0 Å². The van der Waals surface area contributed by atoms with Crippen molar-refractivity contribution in [3.8, 4) is 16.5 Å². The first-order valence-electron chi connectivity index (χ1n) is 9.03. The van der Waals surface area contributed by atoms with E-state index < -0.39 is 30.4 Å². The number of carbonyl (C=O) groups excluding carboxylic acids is 1. The van der Waals surface area contributed by atoms with Crippen LogP contribution in [0.25, 0.3) is 10.6 Å². The van der Waals surface area contributed by atoms with Crippen LogP contribution in [0.15, 0.2) is 48.0 Å². The van der Waals surface area contributed by atoms with E-state index in [-0.39, 0.29) is 24.4 Å². The first-order chi connectivity index (χ1) is 15.0. The van der Waals surface area contributed by atoms with Crippen molar-refractivity contribution in [3.63, 3.8) is 0 Å². The maximum atomic E-state index is 12.7. The van der Waals surface area contributed by atoms with Crippen molar-refractivity contribution < 1.29 is 35.9 Å². The molecule has 170 valence electrons. The second-order valence-electron chi connectivity index (χ2n) is 6.54. The molecule has 1 aromatic carbocycles. The second-order valence-corrected chi connectivity index (χ2v) is 7.40. The van der Waals surface area contributed by atoms with Crippen molar-refractivity contribution in [2.45, 2.75) is 25.3 Å². The minimum atomic E-state index is -4.52. The van der Waals surface area contributed by atoms with Crippen LogP contribution in [0.3, 0.4) is 0 Å². The maximum absolute atomic E-state index is 12.7. The molecule has 0 aliphatic rings. The summed E-state index contributed by atoms with van der Waals surface area (Å²) >= 11 is 1.17. The van der Waals surface area contributed by atoms with E-state index in [1.807, 2.05) is 0 Å². The Bertz CT molecular complexity index is 1060. The molecule has 0 aliphatic heterocycles. The molecule has 32 heavy (non-hydrogen) atoms. The lowest BCUT2D eigenvalue weighted by Gasteiger charge is -2.12. The first-order valence-corrected chi connectivity index (χ1v) is 9.91. The van der Waals surface area contributed by atoms with Crippen LogP contribution in [0.4, 0.5) is 26.3 Å². The lowest BCUT2D eigenvalue weighted by Crippen LogP contribution is -2.26. The first kappa shape index (κ1) is 23.5. The van der Waals surface area contributed by atoms with Gasteiger partial charge in [-0.2, -0.15) is 26.3 Å². The quantitative estimate of drug-likeness (QED) is 0.488. The van der Waals surface area contributed by atoms with E-state index in [0.29, 0.717) is 16.3 Å². The molecule has 0 saturated heterocycles. The van der Waals surface area contributed by atoms with Crippen molar-refractivity contribution in [3.05, 3.63) is 64.8 Å². The molecular formula is C20H15F6N3O2S. The van der Waals surface area contributed by atoms with Crippen molar-refractivity contribution in [1.82, 2.24) is 15.3 Å². The van der Waals surface area contributed by atoms with E-state index in [1.54, 1.807) is 5.38 Å². The van der Waals surface area contributed by atoms with Crippen molar-refractivity contribution in [2.75, 3.05) is 6.61 Å².